The van der Waals surface area contributed by atoms with Crippen molar-refractivity contribution in [2.45, 2.75) is 39.3 Å². The molecule has 3 aromatic rings. The van der Waals surface area contributed by atoms with E-state index in [0.29, 0.717) is 27.4 Å². The molecule has 8 heteroatoms. The summed E-state index contributed by atoms with van der Waals surface area (Å²) in [5.41, 5.74) is 2.50. The average Bonchev–Trinajstić information content (AvgIpc) is 2.93. The quantitative estimate of drug-likeness (QED) is 0.627. The number of carbonyl (C=O) groups is 1. The van der Waals surface area contributed by atoms with Crippen LogP contribution in [0.25, 0.3) is 10.2 Å². The Labute approximate surface area is 165 Å². The Hall–Kier alpha value is -2.38. The zero-order valence-corrected chi connectivity index (χ0v) is 16.5. The van der Waals surface area contributed by atoms with E-state index in [1.807, 2.05) is 26.0 Å². The van der Waals surface area contributed by atoms with Crippen molar-refractivity contribution in [3.8, 4) is 5.75 Å². The third-order valence-corrected chi connectivity index (χ3v) is 5.41. The fraction of sp³-hybridized carbons (Fsp3) is 0.316. The summed E-state index contributed by atoms with van der Waals surface area (Å²) in [5, 5.41) is 9.23. The van der Waals surface area contributed by atoms with Crippen molar-refractivity contribution in [3.63, 3.8) is 0 Å². The third-order valence-electron chi connectivity index (χ3n) is 4.18. The number of aryl methyl sites for hydroxylation is 2. The lowest BCUT2D eigenvalue weighted by Gasteiger charge is -2.18. The molecule has 27 heavy (non-hydrogen) atoms. The van der Waals surface area contributed by atoms with E-state index in [4.69, 9.17) is 21.4 Å². The fourth-order valence-electron chi connectivity index (χ4n) is 2.75. The lowest BCUT2D eigenvalue weighted by Crippen LogP contribution is -2.15. The van der Waals surface area contributed by atoms with Gasteiger partial charge in [0.05, 0.1) is 27.4 Å². The van der Waals surface area contributed by atoms with Gasteiger partial charge in [-0.05, 0) is 31.0 Å². The van der Waals surface area contributed by atoms with Gasteiger partial charge < -0.3 is 9.84 Å². The molecule has 0 radical (unpaired) electrons. The highest BCUT2D eigenvalue weighted by atomic mass is 35.5. The van der Waals surface area contributed by atoms with Crippen molar-refractivity contribution in [1.29, 1.82) is 0 Å². The summed E-state index contributed by atoms with van der Waals surface area (Å²) in [7, 11) is 0. The summed E-state index contributed by atoms with van der Waals surface area (Å²) in [4.78, 5) is 27.2. The molecular formula is C19H19ClN2O4S. The van der Waals surface area contributed by atoms with Gasteiger partial charge in [-0.1, -0.05) is 35.9 Å². The summed E-state index contributed by atoms with van der Waals surface area (Å²) in [5.74, 6) is -0.478. The number of hydrogen-bond acceptors (Lipinski definition) is 5. The number of aromatic nitrogens is 2. The molecule has 1 unspecified atom stereocenters. The van der Waals surface area contributed by atoms with E-state index in [1.54, 1.807) is 18.3 Å². The second-order valence-corrected chi connectivity index (χ2v) is 7.59. The van der Waals surface area contributed by atoms with Crippen LogP contribution in [0.1, 0.15) is 37.1 Å². The van der Waals surface area contributed by atoms with Gasteiger partial charge in [0, 0.05) is 18.8 Å². The number of rotatable bonds is 7. The first-order chi connectivity index (χ1) is 12.9. The molecule has 2 aromatic heterocycles. The second-order valence-electron chi connectivity index (χ2n) is 6.19. The molecule has 0 aliphatic rings. The predicted octanol–water partition coefficient (Wildman–Crippen LogP) is 4.42. The number of thiazole rings is 1. The van der Waals surface area contributed by atoms with E-state index in [0.717, 1.165) is 22.6 Å². The molecule has 142 valence electrons. The molecule has 2 heterocycles. The first-order valence-electron chi connectivity index (χ1n) is 8.53. The van der Waals surface area contributed by atoms with Gasteiger partial charge >= 0.3 is 10.8 Å². The van der Waals surface area contributed by atoms with E-state index >= 15 is 0 Å². The number of hydrogen-bond donors (Lipinski definition) is 1. The van der Waals surface area contributed by atoms with Gasteiger partial charge in [0.25, 0.3) is 0 Å². The Morgan fingerprint density at radius 1 is 1.41 bits per heavy atom. The molecule has 6 nitrogen and oxygen atoms in total. The smallest absolute Gasteiger partial charge is 0.308 e. The summed E-state index contributed by atoms with van der Waals surface area (Å²) in [6, 6.07) is 7.29. The van der Waals surface area contributed by atoms with E-state index in [1.165, 1.54) is 4.57 Å². The largest absolute Gasteiger partial charge is 0.483 e. The molecule has 0 amide bonds. The highest BCUT2D eigenvalue weighted by molar-refractivity contribution is 7.16. The number of halogens is 1. The first kappa shape index (κ1) is 19.4. The number of carboxylic acid groups (broad SMARTS) is 1. The van der Waals surface area contributed by atoms with Gasteiger partial charge in [-0.15, -0.1) is 0 Å². The van der Waals surface area contributed by atoms with Crippen molar-refractivity contribution in [1.82, 2.24) is 9.55 Å². The van der Waals surface area contributed by atoms with Crippen LogP contribution in [0.3, 0.4) is 0 Å². The topological polar surface area (TPSA) is 81.4 Å². The molecular weight excluding hydrogens is 388 g/mol. The van der Waals surface area contributed by atoms with Gasteiger partial charge in [-0.2, -0.15) is 0 Å². The standard InChI is InChI=1S/C19H19ClN2O4S/c1-3-15(13-5-4-11(2)10-21-13)26-16-9-17-14(8-12(16)20)22(19(25)27-17)7-6-18(23)24/h4-5,8-10,15H,3,6-7H2,1-2H3,(H,23,24). The van der Waals surface area contributed by atoms with Gasteiger partial charge in [-0.3, -0.25) is 19.1 Å². The monoisotopic (exact) mass is 406 g/mol. The van der Waals surface area contributed by atoms with Crippen LogP contribution >= 0.6 is 22.9 Å². The van der Waals surface area contributed by atoms with Crippen LogP contribution < -0.4 is 9.61 Å². The number of benzene rings is 1. The van der Waals surface area contributed by atoms with E-state index in [2.05, 4.69) is 4.98 Å². The number of ether oxygens (including phenoxy) is 1. The third kappa shape index (κ3) is 4.31. The Balaban J connectivity index is 1.93. The molecule has 0 saturated carbocycles. The van der Waals surface area contributed by atoms with Crippen LogP contribution in [-0.2, 0) is 11.3 Å². The molecule has 0 aliphatic heterocycles. The van der Waals surface area contributed by atoms with Crippen LogP contribution in [0.2, 0.25) is 5.02 Å². The number of nitrogens with zero attached hydrogens (tertiary/aromatic N) is 2. The molecule has 0 saturated heterocycles. The molecule has 0 fully saturated rings. The molecule has 3 rings (SSSR count). The SMILES string of the molecule is CCC(Oc1cc2sc(=O)n(CCC(=O)O)c2cc1Cl)c1ccc(C)cn1. The zero-order valence-electron chi connectivity index (χ0n) is 14.9. The van der Waals surface area contributed by atoms with Crippen LogP contribution in [0.15, 0.2) is 35.3 Å². The Morgan fingerprint density at radius 3 is 2.81 bits per heavy atom. The van der Waals surface area contributed by atoms with Crippen LogP contribution in [-0.4, -0.2) is 20.6 Å². The van der Waals surface area contributed by atoms with Gasteiger partial charge in [-0.25, -0.2) is 0 Å². The van der Waals surface area contributed by atoms with Crippen molar-refractivity contribution < 1.29 is 14.6 Å². The van der Waals surface area contributed by atoms with Crippen molar-refractivity contribution in [3.05, 3.63) is 56.4 Å². The number of pyridine rings is 1. The summed E-state index contributed by atoms with van der Waals surface area (Å²) >= 11 is 7.43. The van der Waals surface area contributed by atoms with Gasteiger partial charge in [0.1, 0.15) is 11.9 Å². The summed E-state index contributed by atoms with van der Waals surface area (Å²) in [6.45, 7) is 4.08. The molecule has 0 spiro atoms. The van der Waals surface area contributed by atoms with Crippen molar-refractivity contribution in [2.24, 2.45) is 0 Å². The minimum Gasteiger partial charge on any atom is -0.483 e. The Kier molecular flexibility index (Phi) is 5.82. The second kappa shape index (κ2) is 8.10. The Morgan fingerprint density at radius 2 is 2.19 bits per heavy atom. The lowest BCUT2D eigenvalue weighted by molar-refractivity contribution is -0.137. The highest BCUT2D eigenvalue weighted by Gasteiger charge is 2.17. The number of aliphatic carboxylic acids is 1. The average molecular weight is 407 g/mol. The van der Waals surface area contributed by atoms with Crippen molar-refractivity contribution >= 4 is 39.1 Å². The first-order valence-corrected chi connectivity index (χ1v) is 9.72. The van der Waals surface area contributed by atoms with Gasteiger partial charge in [0.2, 0.25) is 0 Å². The van der Waals surface area contributed by atoms with Crippen LogP contribution in [0, 0.1) is 6.92 Å². The highest BCUT2D eigenvalue weighted by Crippen LogP contribution is 2.35. The van der Waals surface area contributed by atoms with E-state index in [-0.39, 0.29) is 23.9 Å². The maximum absolute atomic E-state index is 12.2. The number of carboxylic acids is 1. The Bertz CT molecular complexity index is 1030. The maximum atomic E-state index is 12.2. The minimum absolute atomic E-state index is 0.107. The fourth-order valence-corrected chi connectivity index (χ4v) is 3.88. The van der Waals surface area contributed by atoms with Crippen molar-refractivity contribution in [2.75, 3.05) is 0 Å². The van der Waals surface area contributed by atoms with Gasteiger partial charge in [0.15, 0.2) is 0 Å². The van der Waals surface area contributed by atoms with Crippen LogP contribution in [0.5, 0.6) is 5.75 Å². The normalized spacial score (nSPS) is 12.3. The molecule has 0 bridgehead atoms. The molecule has 1 atom stereocenters. The summed E-state index contributed by atoms with van der Waals surface area (Å²) < 4.78 is 8.22. The lowest BCUT2D eigenvalue weighted by atomic mass is 10.1. The molecule has 1 N–H and O–H groups in total. The van der Waals surface area contributed by atoms with E-state index < -0.39 is 5.97 Å². The summed E-state index contributed by atoms with van der Waals surface area (Å²) in [6.07, 6.45) is 2.12. The molecule has 1 aromatic carbocycles. The van der Waals surface area contributed by atoms with E-state index in [9.17, 15) is 9.59 Å². The zero-order chi connectivity index (χ0) is 19.6. The minimum atomic E-state index is -0.955. The number of fused-ring (bicyclic) bond motifs is 1. The molecule has 0 aliphatic carbocycles. The predicted molar refractivity (Wildman–Crippen MR) is 106 cm³/mol. The van der Waals surface area contributed by atoms with Crippen LogP contribution in [0.4, 0.5) is 0 Å². The maximum Gasteiger partial charge on any atom is 0.308 e.